The Hall–Kier alpha value is -7.31. The largest absolute Gasteiger partial charge is 0.309 e. The first-order valence-corrected chi connectivity index (χ1v) is 20.2. The summed E-state index contributed by atoms with van der Waals surface area (Å²) in [5.74, 6) is 0. The average molecular weight is 735 g/mol. The molecule has 1 unspecified atom stereocenters. The van der Waals surface area contributed by atoms with Crippen LogP contribution in [0.4, 0.5) is 0 Å². The SMILES string of the molecule is Cc1ccc2c(c1)c1ccccc1n2-c1ccc(S(c2ccccc2)(c2ccc(-n3c4ccccc4c4ccccc43)cc2)c2ccc(C#N)c(C#N)c2)cc1. The van der Waals surface area contributed by atoms with E-state index in [0.717, 1.165) is 53.0 Å². The Morgan fingerprint density at radius 2 is 0.804 bits per heavy atom. The van der Waals surface area contributed by atoms with E-state index in [4.69, 9.17) is 0 Å². The van der Waals surface area contributed by atoms with Gasteiger partial charge in [-0.05, 0) is 116 Å². The molecule has 5 heteroatoms. The van der Waals surface area contributed by atoms with E-state index >= 15 is 0 Å². The van der Waals surface area contributed by atoms with Crippen LogP contribution in [0.3, 0.4) is 0 Å². The lowest BCUT2D eigenvalue weighted by molar-refractivity contribution is 1.15. The normalized spacial score (nSPS) is 13.1. The first-order chi connectivity index (χ1) is 27.6. The number of benzene rings is 8. The zero-order chi connectivity index (χ0) is 37.8. The van der Waals surface area contributed by atoms with Crippen LogP contribution in [-0.4, -0.2) is 9.13 Å². The summed E-state index contributed by atoms with van der Waals surface area (Å²) in [6, 6.07) is 71.3. The van der Waals surface area contributed by atoms with Gasteiger partial charge in [-0.1, -0.05) is 84.4 Å². The van der Waals surface area contributed by atoms with Crippen molar-refractivity contribution in [2.24, 2.45) is 0 Å². The van der Waals surface area contributed by atoms with Gasteiger partial charge in [0.1, 0.15) is 12.1 Å². The van der Waals surface area contributed by atoms with Gasteiger partial charge in [0.25, 0.3) is 0 Å². The van der Waals surface area contributed by atoms with Gasteiger partial charge in [0.2, 0.25) is 0 Å². The number of fused-ring (bicyclic) bond motifs is 6. The molecule has 0 N–H and O–H groups in total. The quantitative estimate of drug-likeness (QED) is 0.171. The molecule has 0 radical (unpaired) electrons. The number of aromatic nitrogens is 2. The van der Waals surface area contributed by atoms with Crippen LogP contribution in [-0.2, 0) is 0 Å². The molecule has 10 rings (SSSR count). The van der Waals surface area contributed by atoms with Crippen LogP contribution in [0.2, 0.25) is 0 Å². The highest BCUT2D eigenvalue weighted by Gasteiger charge is 2.34. The average Bonchev–Trinajstić information content (AvgIpc) is 3.77. The maximum absolute atomic E-state index is 10.3. The summed E-state index contributed by atoms with van der Waals surface area (Å²) in [5, 5.41) is 25.2. The number of nitrogens with zero attached hydrogens (tertiary/aromatic N) is 4. The van der Waals surface area contributed by atoms with E-state index in [1.807, 2.05) is 18.2 Å². The molecule has 0 saturated carbocycles. The van der Waals surface area contributed by atoms with Crippen LogP contribution in [0.25, 0.3) is 55.0 Å². The van der Waals surface area contributed by atoms with Crippen molar-refractivity contribution in [1.82, 2.24) is 9.13 Å². The lowest BCUT2D eigenvalue weighted by Gasteiger charge is -2.42. The van der Waals surface area contributed by atoms with E-state index in [-0.39, 0.29) is 0 Å². The fourth-order valence-electron chi connectivity index (χ4n) is 8.51. The first kappa shape index (κ1) is 33.3. The molecule has 2 aromatic heterocycles. The third-order valence-corrected chi connectivity index (χ3v) is 14.9. The monoisotopic (exact) mass is 734 g/mol. The van der Waals surface area contributed by atoms with Gasteiger partial charge in [0, 0.05) is 52.5 Å². The van der Waals surface area contributed by atoms with E-state index in [9.17, 15) is 10.5 Å². The van der Waals surface area contributed by atoms with Crippen LogP contribution in [0.5, 0.6) is 0 Å². The van der Waals surface area contributed by atoms with Crippen LogP contribution in [0, 0.1) is 29.6 Å². The van der Waals surface area contributed by atoms with Gasteiger partial charge in [-0.3, -0.25) is 0 Å². The van der Waals surface area contributed by atoms with Crippen molar-refractivity contribution in [3.05, 3.63) is 205 Å². The second-order valence-corrected chi connectivity index (χ2v) is 17.2. The summed E-state index contributed by atoms with van der Waals surface area (Å²) >= 11 is 0. The number of nitriles is 2. The van der Waals surface area contributed by atoms with Crippen molar-refractivity contribution in [3.63, 3.8) is 0 Å². The van der Waals surface area contributed by atoms with Gasteiger partial charge in [0.05, 0.1) is 33.2 Å². The van der Waals surface area contributed by atoms with E-state index in [0.29, 0.717) is 11.1 Å². The molecule has 0 amide bonds. The maximum Gasteiger partial charge on any atom is 0.101 e. The molecule has 8 aromatic carbocycles. The lowest BCUT2D eigenvalue weighted by Crippen LogP contribution is -2.07. The van der Waals surface area contributed by atoms with Crippen LogP contribution in [0.1, 0.15) is 16.7 Å². The fraction of sp³-hybridized carbons (Fsp3) is 0.0196. The third kappa shape index (κ3) is 5.00. The molecule has 0 spiro atoms. The Morgan fingerprint density at radius 1 is 0.375 bits per heavy atom. The van der Waals surface area contributed by atoms with Crippen LogP contribution in [0.15, 0.2) is 208 Å². The Balaban J connectivity index is 1.22. The summed E-state index contributed by atoms with van der Waals surface area (Å²) in [5.41, 5.74) is 8.76. The van der Waals surface area contributed by atoms with Crippen LogP contribution >= 0.6 is 10.0 Å². The molecule has 0 fully saturated rings. The predicted molar refractivity (Wildman–Crippen MR) is 229 cm³/mol. The molecular weight excluding hydrogens is 701 g/mol. The van der Waals surface area contributed by atoms with Crippen molar-refractivity contribution in [2.75, 3.05) is 0 Å². The molecule has 56 heavy (non-hydrogen) atoms. The number of rotatable bonds is 6. The standard InChI is InChI=1S/C51H34N4S/c1-35-19-30-51-47(31-35)46-15-7-10-18-50(46)55(51)39-23-28-42(29-24-39)56(40-11-3-2-4-12-40,43-25-20-36(33-52)37(32-43)34-53)41-26-21-38(22-27-41)54-48-16-8-5-13-44(48)45-14-6-9-17-49(45)54/h2-32H,1H3. The highest BCUT2D eigenvalue weighted by atomic mass is 32.3. The van der Waals surface area contributed by atoms with E-state index < -0.39 is 10.0 Å². The number of aryl methyl sites for hydroxylation is 1. The second kappa shape index (κ2) is 13.2. The maximum atomic E-state index is 10.3. The Labute approximate surface area is 326 Å². The molecule has 0 aliphatic rings. The second-order valence-electron chi connectivity index (χ2n) is 14.1. The topological polar surface area (TPSA) is 57.4 Å². The number of hydrogen-bond acceptors (Lipinski definition) is 2. The molecule has 10 aromatic rings. The molecular formula is C51H34N4S. The molecule has 0 aliphatic heterocycles. The number of hydrogen-bond donors (Lipinski definition) is 0. The Morgan fingerprint density at radius 3 is 1.32 bits per heavy atom. The Kier molecular flexibility index (Phi) is 7.85. The summed E-state index contributed by atoms with van der Waals surface area (Å²) < 4.78 is 4.69. The van der Waals surface area contributed by atoms with Gasteiger partial charge in [-0.25, -0.2) is 0 Å². The lowest BCUT2D eigenvalue weighted by atomic mass is 10.1. The summed E-state index contributed by atoms with van der Waals surface area (Å²) in [4.78, 5) is 4.38. The highest BCUT2D eigenvalue weighted by molar-refractivity contribution is 8.34. The van der Waals surface area contributed by atoms with Crippen LogP contribution < -0.4 is 0 Å². The van der Waals surface area contributed by atoms with Crippen molar-refractivity contribution < 1.29 is 0 Å². The highest BCUT2D eigenvalue weighted by Crippen LogP contribution is 2.73. The van der Waals surface area contributed by atoms with Gasteiger partial charge < -0.3 is 9.13 Å². The van der Waals surface area contributed by atoms with Crippen molar-refractivity contribution in [2.45, 2.75) is 26.5 Å². The minimum Gasteiger partial charge on any atom is -0.309 e. The molecule has 0 saturated heterocycles. The first-order valence-electron chi connectivity index (χ1n) is 18.6. The van der Waals surface area contributed by atoms with Gasteiger partial charge in [0.15, 0.2) is 0 Å². The Bertz CT molecular complexity index is 3160. The zero-order valence-electron chi connectivity index (χ0n) is 30.6. The van der Waals surface area contributed by atoms with Crippen molar-refractivity contribution in [1.29, 1.82) is 10.5 Å². The summed E-state index contributed by atoms with van der Waals surface area (Å²) in [6.07, 6.45) is 0. The van der Waals surface area contributed by atoms with E-state index in [1.54, 1.807) is 6.07 Å². The number of para-hydroxylation sites is 3. The van der Waals surface area contributed by atoms with E-state index in [1.165, 1.54) is 27.1 Å². The molecule has 0 aliphatic carbocycles. The summed E-state index contributed by atoms with van der Waals surface area (Å²) in [7, 11) is -2.19. The summed E-state index contributed by atoms with van der Waals surface area (Å²) in [6.45, 7) is 2.14. The van der Waals surface area contributed by atoms with E-state index in [2.05, 4.69) is 192 Å². The molecule has 264 valence electrons. The smallest absolute Gasteiger partial charge is 0.101 e. The molecule has 0 bridgehead atoms. The molecule has 4 nitrogen and oxygen atoms in total. The third-order valence-electron chi connectivity index (χ3n) is 11.0. The van der Waals surface area contributed by atoms with Gasteiger partial charge in [-0.15, -0.1) is 10.0 Å². The van der Waals surface area contributed by atoms with Gasteiger partial charge in [-0.2, -0.15) is 10.5 Å². The minimum absolute atomic E-state index is 0.372. The van der Waals surface area contributed by atoms with Crippen molar-refractivity contribution >= 4 is 53.6 Å². The predicted octanol–water partition coefficient (Wildman–Crippen LogP) is 13.3. The fourth-order valence-corrected chi connectivity index (χ4v) is 12.4. The zero-order valence-corrected chi connectivity index (χ0v) is 31.4. The van der Waals surface area contributed by atoms with Crippen molar-refractivity contribution in [3.8, 4) is 23.5 Å². The van der Waals surface area contributed by atoms with Gasteiger partial charge >= 0.3 is 0 Å². The molecule has 1 atom stereocenters. The molecule has 2 heterocycles. The minimum atomic E-state index is -2.19.